The first kappa shape index (κ1) is 9.84. The average Bonchev–Trinajstić information content (AvgIpc) is 2.72. The standard InChI is InChI=1S/C13H9FN2O/c14-10-4-2-1-3-9(10)13-15-11-6-5-8(17)7-12(11)16-13/h1-7,17H,(H,15,16). The van der Waals surface area contributed by atoms with E-state index in [-0.39, 0.29) is 11.6 Å². The number of aromatic hydroxyl groups is 1. The lowest BCUT2D eigenvalue weighted by atomic mass is 10.2. The van der Waals surface area contributed by atoms with Crippen molar-refractivity contribution in [2.45, 2.75) is 0 Å². The minimum absolute atomic E-state index is 0.154. The smallest absolute Gasteiger partial charge is 0.141 e. The van der Waals surface area contributed by atoms with Crippen molar-refractivity contribution in [1.29, 1.82) is 0 Å². The van der Waals surface area contributed by atoms with Gasteiger partial charge in [0.1, 0.15) is 17.4 Å². The van der Waals surface area contributed by atoms with Gasteiger partial charge in [-0.25, -0.2) is 9.37 Å². The molecule has 2 aromatic carbocycles. The molecule has 1 heterocycles. The Morgan fingerprint density at radius 1 is 1.12 bits per heavy atom. The maximum Gasteiger partial charge on any atom is 0.141 e. The molecule has 4 heteroatoms. The minimum Gasteiger partial charge on any atom is -0.508 e. The highest BCUT2D eigenvalue weighted by Gasteiger charge is 2.09. The third kappa shape index (κ3) is 1.63. The predicted molar refractivity (Wildman–Crippen MR) is 63.2 cm³/mol. The van der Waals surface area contributed by atoms with Crippen LogP contribution in [0.15, 0.2) is 42.5 Å². The van der Waals surface area contributed by atoms with Crippen LogP contribution in [-0.2, 0) is 0 Å². The van der Waals surface area contributed by atoms with Crippen LogP contribution in [0, 0.1) is 5.82 Å². The van der Waals surface area contributed by atoms with Crippen LogP contribution in [0.2, 0.25) is 0 Å². The third-order valence-electron chi connectivity index (χ3n) is 2.59. The van der Waals surface area contributed by atoms with Crippen molar-refractivity contribution in [2.75, 3.05) is 0 Å². The van der Waals surface area contributed by atoms with Gasteiger partial charge in [0.25, 0.3) is 0 Å². The van der Waals surface area contributed by atoms with Crippen LogP contribution in [0.4, 0.5) is 4.39 Å². The molecule has 0 aliphatic heterocycles. The molecule has 17 heavy (non-hydrogen) atoms. The third-order valence-corrected chi connectivity index (χ3v) is 2.59. The largest absolute Gasteiger partial charge is 0.508 e. The van der Waals surface area contributed by atoms with Crippen molar-refractivity contribution in [1.82, 2.24) is 9.97 Å². The number of hydrogen-bond acceptors (Lipinski definition) is 2. The Kier molecular flexibility index (Phi) is 2.08. The van der Waals surface area contributed by atoms with E-state index in [0.29, 0.717) is 22.4 Å². The summed E-state index contributed by atoms with van der Waals surface area (Å²) < 4.78 is 13.6. The first-order chi connectivity index (χ1) is 8.24. The Hall–Kier alpha value is -2.36. The molecule has 2 N–H and O–H groups in total. The lowest BCUT2D eigenvalue weighted by Gasteiger charge is -1.96. The summed E-state index contributed by atoms with van der Waals surface area (Å²) in [5.41, 5.74) is 1.80. The molecule has 3 aromatic rings. The van der Waals surface area contributed by atoms with E-state index >= 15 is 0 Å². The van der Waals surface area contributed by atoms with Gasteiger partial charge in [-0.05, 0) is 24.3 Å². The Morgan fingerprint density at radius 2 is 1.94 bits per heavy atom. The number of phenols is 1. The maximum atomic E-state index is 13.6. The number of nitrogens with one attached hydrogen (secondary N) is 1. The molecule has 0 aliphatic rings. The zero-order valence-corrected chi connectivity index (χ0v) is 8.81. The van der Waals surface area contributed by atoms with Crippen molar-refractivity contribution < 1.29 is 9.50 Å². The molecule has 0 saturated carbocycles. The molecule has 0 aliphatic carbocycles. The number of hydrogen-bond donors (Lipinski definition) is 2. The molecule has 84 valence electrons. The number of rotatable bonds is 1. The summed E-state index contributed by atoms with van der Waals surface area (Å²) in [7, 11) is 0. The van der Waals surface area contributed by atoms with E-state index in [1.807, 2.05) is 0 Å². The predicted octanol–water partition coefficient (Wildman–Crippen LogP) is 3.07. The fraction of sp³-hybridized carbons (Fsp3) is 0. The van der Waals surface area contributed by atoms with Crippen LogP contribution in [0.1, 0.15) is 0 Å². The zero-order valence-electron chi connectivity index (χ0n) is 8.81. The second kappa shape index (κ2) is 3.59. The molecule has 0 spiro atoms. The second-order valence-corrected chi connectivity index (χ2v) is 3.77. The van der Waals surface area contributed by atoms with Crippen molar-refractivity contribution in [2.24, 2.45) is 0 Å². The minimum atomic E-state index is -0.323. The van der Waals surface area contributed by atoms with Crippen LogP contribution in [0.5, 0.6) is 5.75 Å². The van der Waals surface area contributed by atoms with E-state index in [0.717, 1.165) is 0 Å². The average molecular weight is 228 g/mol. The number of aromatic amines is 1. The van der Waals surface area contributed by atoms with Crippen LogP contribution in [-0.4, -0.2) is 15.1 Å². The second-order valence-electron chi connectivity index (χ2n) is 3.77. The summed E-state index contributed by atoms with van der Waals surface area (Å²) in [6, 6.07) is 11.2. The first-order valence-electron chi connectivity index (χ1n) is 5.18. The van der Waals surface area contributed by atoms with Crippen LogP contribution in [0.25, 0.3) is 22.4 Å². The van der Waals surface area contributed by atoms with Gasteiger partial charge < -0.3 is 10.1 Å². The Labute approximate surface area is 96.6 Å². The van der Waals surface area contributed by atoms with E-state index in [1.54, 1.807) is 36.4 Å². The maximum absolute atomic E-state index is 13.6. The number of aromatic nitrogens is 2. The first-order valence-corrected chi connectivity index (χ1v) is 5.18. The molecule has 1 aromatic heterocycles. The van der Waals surface area contributed by atoms with Crippen LogP contribution < -0.4 is 0 Å². The number of nitrogens with zero attached hydrogens (tertiary/aromatic N) is 1. The van der Waals surface area contributed by atoms with Gasteiger partial charge >= 0.3 is 0 Å². The Balaban J connectivity index is 2.22. The molecule has 0 radical (unpaired) electrons. The van der Waals surface area contributed by atoms with Crippen LogP contribution in [0.3, 0.4) is 0 Å². The van der Waals surface area contributed by atoms with Crippen LogP contribution >= 0.6 is 0 Å². The van der Waals surface area contributed by atoms with Gasteiger partial charge in [0.05, 0.1) is 16.6 Å². The number of halogens is 1. The lowest BCUT2D eigenvalue weighted by Crippen LogP contribution is -1.84. The summed E-state index contributed by atoms with van der Waals surface area (Å²) in [5, 5.41) is 9.34. The summed E-state index contributed by atoms with van der Waals surface area (Å²) >= 11 is 0. The molecule has 3 rings (SSSR count). The lowest BCUT2D eigenvalue weighted by molar-refractivity contribution is 0.476. The zero-order chi connectivity index (χ0) is 11.8. The van der Waals surface area contributed by atoms with Gasteiger partial charge in [-0.15, -0.1) is 0 Å². The number of imidazole rings is 1. The van der Waals surface area contributed by atoms with Crippen molar-refractivity contribution in [3.63, 3.8) is 0 Å². The summed E-state index contributed by atoms with van der Waals surface area (Å²) in [4.78, 5) is 7.26. The number of benzene rings is 2. The van der Waals surface area contributed by atoms with Gasteiger partial charge in [0, 0.05) is 6.07 Å². The van der Waals surface area contributed by atoms with Crippen molar-refractivity contribution >= 4 is 11.0 Å². The summed E-state index contributed by atoms with van der Waals surface area (Å²) in [6.45, 7) is 0. The normalized spacial score (nSPS) is 10.9. The van der Waals surface area contributed by atoms with E-state index in [9.17, 15) is 9.50 Å². The number of phenolic OH excluding ortho intramolecular Hbond substituents is 1. The Morgan fingerprint density at radius 3 is 2.76 bits per heavy atom. The number of fused-ring (bicyclic) bond motifs is 1. The SMILES string of the molecule is Oc1ccc2nc(-c3ccccc3F)[nH]c2c1. The molecule has 3 nitrogen and oxygen atoms in total. The fourth-order valence-electron chi connectivity index (χ4n) is 1.78. The summed E-state index contributed by atoms with van der Waals surface area (Å²) in [6.07, 6.45) is 0. The van der Waals surface area contributed by atoms with E-state index in [4.69, 9.17) is 0 Å². The van der Waals surface area contributed by atoms with Crippen molar-refractivity contribution in [3.8, 4) is 17.1 Å². The Bertz CT molecular complexity index is 691. The molecule has 0 atom stereocenters. The molecule has 0 saturated heterocycles. The fourth-order valence-corrected chi connectivity index (χ4v) is 1.78. The molecule has 0 unspecified atom stereocenters. The highest BCUT2D eigenvalue weighted by molar-refractivity contribution is 5.80. The highest BCUT2D eigenvalue weighted by atomic mass is 19.1. The molecule has 0 fully saturated rings. The van der Waals surface area contributed by atoms with Gasteiger partial charge in [-0.3, -0.25) is 0 Å². The monoisotopic (exact) mass is 228 g/mol. The van der Waals surface area contributed by atoms with E-state index < -0.39 is 0 Å². The quantitative estimate of drug-likeness (QED) is 0.672. The van der Waals surface area contributed by atoms with Gasteiger partial charge in [0.15, 0.2) is 0 Å². The topological polar surface area (TPSA) is 48.9 Å². The molecule has 0 bridgehead atoms. The van der Waals surface area contributed by atoms with Gasteiger partial charge in [0.2, 0.25) is 0 Å². The number of H-pyrrole nitrogens is 1. The molecular formula is C13H9FN2O. The van der Waals surface area contributed by atoms with E-state index in [2.05, 4.69) is 9.97 Å². The highest BCUT2D eigenvalue weighted by Crippen LogP contribution is 2.24. The van der Waals surface area contributed by atoms with Gasteiger partial charge in [-0.1, -0.05) is 12.1 Å². The molecule has 0 amide bonds. The van der Waals surface area contributed by atoms with Crippen molar-refractivity contribution in [3.05, 3.63) is 48.3 Å². The molecular weight excluding hydrogens is 219 g/mol. The van der Waals surface area contributed by atoms with E-state index in [1.165, 1.54) is 6.07 Å². The van der Waals surface area contributed by atoms with Gasteiger partial charge in [-0.2, -0.15) is 0 Å². The summed E-state index contributed by atoms with van der Waals surface area (Å²) in [5.74, 6) is 0.292.